The number of hydrogen-bond donors (Lipinski definition) is 0. The predicted octanol–water partition coefficient (Wildman–Crippen LogP) is 3.63. The Bertz CT molecular complexity index is 343. The van der Waals surface area contributed by atoms with Crippen molar-refractivity contribution in [2.45, 2.75) is 33.4 Å². The van der Waals surface area contributed by atoms with Gasteiger partial charge in [-0.3, -0.25) is 9.36 Å². The second-order valence-electron chi connectivity index (χ2n) is 3.81. The average Bonchev–Trinajstić information content (AvgIpc) is 2.26. The molecule has 18 heavy (non-hydrogen) atoms. The molecule has 0 aliphatic rings. The van der Waals surface area contributed by atoms with E-state index in [1.54, 1.807) is 13.8 Å². The first-order valence-electron chi connectivity index (χ1n) is 5.70. The van der Waals surface area contributed by atoms with Crippen LogP contribution in [0, 0.1) is 5.92 Å². The van der Waals surface area contributed by atoms with Crippen LogP contribution in [0.1, 0.15) is 27.7 Å². The van der Waals surface area contributed by atoms with E-state index in [0.29, 0.717) is 6.08 Å². The first-order chi connectivity index (χ1) is 8.20. The van der Waals surface area contributed by atoms with Crippen LogP contribution in [0.2, 0.25) is 0 Å². The number of allylic oxidation sites excluding steroid dienone is 2. The number of halogens is 2. The highest BCUT2D eigenvalue weighted by Gasteiger charge is 2.51. The van der Waals surface area contributed by atoms with E-state index in [-0.39, 0.29) is 13.2 Å². The Labute approximate surface area is 106 Å². The minimum Gasteiger partial charge on any atom is -0.304 e. The van der Waals surface area contributed by atoms with E-state index in [4.69, 9.17) is 0 Å². The van der Waals surface area contributed by atoms with Gasteiger partial charge >= 0.3 is 13.3 Å². The van der Waals surface area contributed by atoms with E-state index in [9.17, 15) is 18.1 Å². The maximum Gasteiger partial charge on any atom is 0.403 e. The molecule has 0 rings (SSSR count). The van der Waals surface area contributed by atoms with Crippen LogP contribution in [0.3, 0.4) is 0 Å². The number of carbonyl (C=O) groups is 1. The second-order valence-corrected chi connectivity index (χ2v) is 5.92. The van der Waals surface area contributed by atoms with Gasteiger partial charge in [0.25, 0.3) is 0 Å². The lowest BCUT2D eigenvalue weighted by molar-refractivity contribution is -0.117. The van der Waals surface area contributed by atoms with Gasteiger partial charge in [-0.05, 0) is 19.9 Å². The van der Waals surface area contributed by atoms with Crippen LogP contribution in [0.15, 0.2) is 12.2 Å². The zero-order chi connectivity index (χ0) is 14.4. The first kappa shape index (κ1) is 17.4. The Balaban J connectivity index is 5.07. The lowest BCUT2D eigenvalue weighted by Crippen LogP contribution is -2.18. The van der Waals surface area contributed by atoms with Crippen molar-refractivity contribution in [3.8, 4) is 0 Å². The highest BCUT2D eigenvalue weighted by Crippen LogP contribution is 2.62. The van der Waals surface area contributed by atoms with Crippen molar-refractivity contribution < 1.29 is 27.2 Å². The van der Waals surface area contributed by atoms with Gasteiger partial charge in [-0.1, -0.05) is 13.8 Å². The Morgan fingerprint density at radius 1 is 1.28 bits per heavy atom. The van der Waals surface area contributed by atoms with E-state index in [2.05, 4.69) is 9.05 Å². The fourth-order valence-electron chi connectivity index (χ4n) is 1.02. The molecule has 0 aromatic heterocycles. The van der Waals surface area contributed by atoms with Crippen LogP contribution in [0.4, 0.5) is 8.78 Å². The van der Waals surface area contributed by atoms with E-state index in [1.807, 2.05) is 0 Å². The third kappa shape index (κ3) is 4.59. The molecule has 0 N–H and O–H groups in total. The van der Waals surface area contributed by atoms with E-state index in [0.717, 1.165) is 6.08 Å². The largest absolute Gasteiger partial charge is 0.403 e. The number of ketones is 1. The van der Waals surface area contributed by atoms with Gasteiger partial charge in [-0.2, -0.15) is 8.78 Å². The molecule has 0 saturated heterocycles. The number of carbonyl (C=O) groups excluding carboxylic acids is 1. The molecule has 0 heterocycles. The van der Waals surface area contributed by atoms with Crippen LogP contribution < -0.4 is 0 Å². The highest BCUT2D eigenvalue weighted by molar-refractivity contribution is 7.55. The van der Waals surface area contributed by atoms with Gasteiger partial charge in [0.2, 0.25) is 0 Å². The van der Waals surface area contributed by atoms with Gasteiger partial charge in [0.1, 0.15) is 0 Å². The van der Waals surface area contributed by atoms with Gasteiger partial charge < -0.3 is 9.05 Å². The molecule has 0 aliphatic carbocycles. The number of alkyl halides is 2. The lowest BCUT2D eigenvalue weighted by atomic mass is 10.1. The fourth-order valence-corrected chi connectivity index (χ4v) is 2.37. The lowest BCUT2D eigenvalue weighted by Gasteiger charge is -2.23. The Morgan fingerprint density at radius 3 is 2.06 bits per heavy atom. The van der Waals surface area contributed by atoms with Crippen LogP contribution in [-0.4, -0.2) is 24.7 Å². The third-order valence-electron chi connectivity index (χ3n) is 1.98. The summed E-state index contributed by atoms with van der Waals surface area (Å²) in [7, 11) is -4.58. The zero-order valence-electron chi connectivity index (χ0n) is 11.0. The summed E-state index contributed by atoms with van der Waals surface area (Å²) in [5.74, 6) is -0.884. The topological polar surface area (TPSA) is 52.6 Å². The Morgan fingerprint density at radius 2 is 1.72 bits per heavy atom. The zero-order valence-corrected chi connectivity index (χ0v) is 11.9. The van der Waals surface area contributed by atoms with Crippen molar-refractivity contribution >= 4 is 13.4 Å². The molecule has 0 aromatic rings. The Kier molecular flexibility index (Phi) is 6.89. The summed E-state index contributed by atoms with van der Waals surface area (Å²) in [5, 5.41) is 0. The van der Waals surface area contributed by atoms with Crippen LogP contribution >= 0.6 is 7.60 Å². The summed E-state index contributed by atoms with van der Waals surface area (Å²) in [6.07, 6.45) is 1.01. The molecule has 106 valence electrons. The molecule has 0 fully saturated rings. The minimum atomic E-state index is -4.58. The van der Waals surface area contributed by atoms with Crippen molar-refractivity contribution in [2.75, 3.05) is 13.2 Å². The molecule has 0 aromatic carbocycles. The molecule has 0 atom stereocenters. The minimum absolute atomic E-state index is 0.168. The summed E-state index contributed by atoms with van der Waals surface area (Å²) < 4.78 is 48.4. The molecule has 0 amide bonds. The normalized spacial score (nSPS) is 13.5. The molecule has 0 aliphatic heterocycles. The van der Waals surface area contributed by atoms with Crippen molar-refractivity contribution in [2.24, 2.45) is 5.92 Å². The van der Waals surface area contributed by atoms with Crippen LogP contribution in [0.25, 0.3) is 0 Å². The molecule has 0 spiro atoms. The SMILES string of the molecule is CCOP(=O)(OCC)C(F)(F)/C=C/C(=O)C(C)C. The third-order valence-corrected chi connectivity index (χ3v) is 4.06. The second kappa shape index (κ2) is 7.12. The molecular formula is C11H19F2O4P. The quantitative estimate of drug-likeness (QED) is 0.504. The van der Waals surface area contributed by atoms with Crippen molar-refractivity contribution in [3.63, 3.8) is 0 Å². The van der Waals surface area contributed by atoms with Gasteiger partial charge in [-0.25, -0.2) is 0 Å². The van der Waals surface area contributed by atoms with Gasteiger partial charge in [0.05, 0.1) is 13.2 Å². The number of rotatable bonds is 8. The predicted molar refractivity (Wildman–Crippen MR) is 64.8 cm³/mol. The van der Waals surface area contributed by atoms with Crippen molar-refractivity contribution in [3.05, 3.63) is 12.2 Å². The number of hydrogen-bond acceptors (Lipinski definition) is 4. The fraction of sp³-hybridized carbons (Fsp3) is 0.727. The molecule has 0 radical (unpaired) electrons. The highest BCUT2D eigenvalue weighted by atomic mass is 31.2. The van der Waals surface area contributed by atoms with Crippen molar-refractivity contribution in [1.82, 2.24) is 0 Å². The maximum atomic E-state index is 13.7. The van der Waals surface area contributed by atoms with E-state index >= 15 is 0 Å². The molecule has 0 saturated carbocycles. The molecule has 7 heteroatoms. The standard InChI is InChI=1S/C11H19F2O4P/c1-5-16-18(15,17-6-2)11(12,13)8-7-10(14)9(3)4/h7-9H,5-6H2,1-4H3/b8-7+. The van der Waals surface area contributed by atoms with Gasteiger partial charge in [0.15, 0.2) is 5.78 Å². The average molecular weight is 284 g/mol. The molecule has 0 bridgehead atoms. The van der Waals surface area contributed by atoms with Crippen LogP contribution in [0.5, 0.6) is 0 Å². The van der Waals surface area contributed by atoms with E-state index in [1.165, 1.54) is 13.8 Å². The molecule has 4 nitrogen and oxygen atoms in total. The molecule has 0 unspecified atom stereocenters. The van der Waals surface area contributed by atoms with Crippen molar-refractivity contribution in [1.29, 1.82) is 0 Å². The molecular weight excluding hydrogens is 265 g/mol. The summed E-state index contributed by atoms with van der Waals surface area (Å²) in [6.45, 7) is 5.69. The summed E-state index contributed by atoms with van der Waals surface area (Å²) in [5.41, 5.74) is -3.82. The van der Waals surface area contributed by atoms with Crippen LogP contribution in [-0.2, 0) is 18.4 Å². The maximum absolute atomic E-state index is 13.7. The first-order valence-corrected chi connectivity index (χ1v) is 7.24. The summed E-state index contributed by atoms with van der Waals surface area (Å²) in [4.78, 5) is 11.2. The van der Waals surface area contributed by atoms with E-state index < -0.39 is 25.0 Å². The summed E-state index contributed by atoms with van der Waals surface area (Å²) in [6, 6.07) is 0. The van der Waals surface area contributed by atoms with Gasteiger partial charge in [-0.15, -0.1) is 0 Å². The summed E-state index contributed by atoms with van der Waals surface area (Å²) >= 11 is 0. The Hall–Kier alpha value is -0.580. The van der Waals surface area contributed by atoms with Gasteiger partial charge in [0, 0.05) is 12.0 Å². The smallest absolute Gasteiger partial charge is 0.304 e. The monoisotopic (exact) mass is 284 g/mol.